The average Bonchev–Trinajstić information content (AvgIpc) is 2.68. The predicted molar refractivity (Wildman–Crippen MR) is 57.4 cm³/mol. The normalized spacial score (nSPS) is 10.7. The maximum Gasteiger partial charge on any atom is 0.271 e. The Bertz CT molecular complexity index is 621. The Morgan fingerprint density at radius 1 is 1.56 bits per heavy atom. The fourth-order valence-electron chi connectivity index (χ4n) is 1.39. The van der Waals surface area contributed by atoms with E-state index in [2.05, 4.69) is 10.2 Å². The molecule has 1 heterocycles. The van der Waals surface area contributed by atoms with Gasteiger partial charge in [0.1, 0.15) is 0 Å². The lowest BCUT2D eigenvalue weighted by Crippen LogP contribution is -1.86. The first kappa shape index (κ1) is 9.86. The molecule has 1 N–H and O–H groups in total. The van der Waals surface area contributed by atoms with Crippen molar-refractivity contribution in [3.63, 3.8) is 0 Å². The van der Waals surface area contributed by atoms with Crippen molar-refractivity contribution < 1.29 is 4.92 Å². The summed E-state index contributed by atoms with van der Waals surface area (Å²) in [6.45, 7) is 0. The Morgan fingerprint density at radius 3 is 3.06 bits per heavy atom. The van der Waals surface area contributed by atoms with E-state index in [0.717, 1.165) is 5.39 Å². The maximum atomic E-state index is 10.5. The van der Waals surface area contributed by atoms with Crippen LogP contribution in [0, 0.1) is 21.4 Å². The van der Waals surface area contributed by atoms with Crippen LogP contribution in [-0.4, -0.2) is 15.1 Å². The van der Waals surface area contributed by atoms with Gasteiger partial charge in [-0.3, -0.25) is 15.2 Å². The number of nitrogens with zero attached hydrogens (tertiary/aromatic N) is 3. The van der Waals surface area contributed by atoms with Crippen LogP contribution in [0.4, 0.5) is 5.69 Å². The number of non-ortho nitro benzene ring substituents is 1. The molecule has 0 aliphatic carbocycles. The van der Waals surface area contributed by atoms with Crippen LogP contribution in [0.3, 0.4) is 0 Å². The highest BCUT2D eigenvalue weighted by Gasteiger charge is 2.09. The van der Waals surface area contributed by atoms with Crippen molar-refractivity contribution >= 4 is 22.7 Å². The van der Waals surface area contributed by atoms with E-state index < -0.39 is 4.92 Å². The van der Waals surface area contributed by atoms with Crippen LogP contribution < -0.4 is 0 Å². The summed E-state index contributed by atoms with van der Waals surface area (Å²) in [5.41, 5.74) is 1.17. The highest BCUT2D eigenvalue weighted by Crippen LogP contribution is 2.22. The second kappa shape index (κ2) is 3.82. The SMILES string of the molecule is N#CC=Cc1n[nH]c2cc([N+](=O)[O-])ccc12. The molecule has 0 fully saturated rings. The minimum Gasteiger partial charge on any atom is -0.277 e. The molecule has 78 valence electrons. The number of rotatable bonds is 2. The number of nitro groups is 1. The van der Waals surface area contributed by atoms with Gasteiger partial charge < -0.3 is 0 Å². The van der Waals surface area contributed by atoms with Crippen LogP contribution in [0.1, 0.15) is 5.69 Å². The van der Waals surface area contributed by atoms with E-state index in [1.54, 1.807) is 12.1 Å². The van der Waals surface area contributed by atoms with Gasteiger partial charge >= 0.3 is 0 Å². The molecule has 2 rings (SSSR count). The lowest BCUT2D eigenvalue weighted by atomic mass is 10.2. The number of nitriles is 1. The Morgan fingerprint density at radius 2 is 2.38 bits per heavy atom. The highest BCUT2D eigenvalue weighted by atomic mass is 16.6. The van der Waals surface area contributed by atoms with E-state index in [4.69, 9.17) is 5.26 Å². The van der Waals surface area contributed by atoms with Gasteiger partial charge in [-0.15, -0.1) is 0 Å². The minimum absolute atomic E-state index is 0.00645. The standard InChI is InChI=1S/C10H6N4O2/c11-5-1-2-9-8-4-3-7(14(15)16)6-10(8)13-12-9/h1-4,6H,(H,12,13). The van der Waals surface area contributed by atoms with E-state index >= 15 is 0 Å². The number of benzene rings is 1. The molecule has 0 amide bonds. The first-order chi connectivity index (χ1) is 7.72. The molecule has 0 aliphatic rings. The van der Waals surface area contributed by atoms with Gasteiger partial charge in [-0.05, 0) is 12.1 Å². The summed E-state index contributed by atoms with van der Waals surface area (Å²) in [5.74, 6) is 0. The second-order valence-corrected chi connectivity index (χ2v) is 3.06. The van der Waals surface area contributed by atoms with Gasteiger partial charge in [-0.2, -0.15) is 10.4 Å². The first-order valence-corrected chi connectivity index (χ1v) is 4.41. The summed E-state index contributed by atoms with van der Waals surface area (Å²) in [5, 5.41) is 26.3. The average molecular weight is 214 g/mol. The molecule has 6 nitrogen and oxygen atoms in total. The molecule has 16 heavy (non-hydrogen) atoms. The number of H-pyrrole nitrogens is 1. The summed E-state index contributed by atoms with van der Waals surface area (Å²) in [7, 11) is 0. The van der Waals surface area contributed by atoms with Crippen LogP contribution in [0.25, 0.3) is 17.0 Å². The molecule has 2 aromatic rings. The van der Waals surface area contributed by atoms with Crippen molar-refractivity contribution in [2.45, 2.75) is 0 Å². The number of fused-ring (bicyclic) bond motifs is 1. The summed E-state index contributed by atoms with van der Waals surface area (Å²) >= 11 is 0. The fourth-order valence-corrected chi connectivity index (χ4v) is 1.39. The Kier molecular flexibility index (Phi) is 2.36. The van der Waals surface area contributed by atoms with E-state index in [-0.39, 0.29) is 5.69 Å². The third kappa shape index (κ3) is 1.62. The Labute approximate surface area is 90.0 Å². The summed E-state index contributed by atoms with van der Waals surface area (Å²) in [4.78, 5) is 10.1. The van der Waals surface area contributed by atoms with Gasteiger partial charge in [0.25, 0.3) is 5.69 Å². The number of nitrogens with one attached hydrogen (secondary N) is 1. The molecule has 0 saturated carbocycles. The quantitative estimate of drug-likeness (QED) is 0.469. The summed E-state index contributed by atoms with van der Waals surface area (Å²) in [6, 6.07) is 6.28. The Hall–Kier alpha value is -2.68. The minimum atomic E-state index is -0.467. The number of nitro benzene ring substituents is 1. The summed E-state index contributed by atoms with van der Waals surface area (Å²) in [6.07, 6.45) is 2.85. The van der Waals surface area contributed by atoms with Crippen molar-refractivity contribution in [3.8, 4) is 6.07 Å². The monoisotopic (exact) mass is 214 g/mol. The number of aromatic amines is 1. The van der Waals surface area contributed by atoms with Crippen LogP contribution in [0.2, 0.25) is 0 Å². The second-order valence-electron chi connectivity index (χ2n) is 3.06. The van der Waals surface area contributed by atoms with Gasteiger partial charge in [0, 0.05) is 23.6 Å². The third-order valence-corrected chi connectivity index (χ3v) is 2.10. The molecule has 0 aliphatic heterocycles. The molecule has 1 aromatic carbocycles. The third-order valence-electron chi connectivity index (χ3n) is 2.10. The molecular weight excluding hydrogens is 208 g/mol. The van der Waals surface area contributed by atoms with Crippen molar-refractivity contribution in [2.24, 2.45) is 0 Å². The maximum absolute atomic E-state index is 10.5. The van der Waals surface area contributed by atoms with Gasteiger partial charge in [0.05, 0.1) is 22.2 Å². The van der Waals surface area contributed by atoms with Gasteiger partial charge in [0.2, 0.25) is 0 Å². The zero-order valence-corrected chi connectivity index (χ0v) is 8.04. The lowest BCUT2D eigenvalue weighted by Gasteiger charge is -1.91. The number of hydrogen-bond acceptors (Lipinski definition) is 4. The van der Waals surface area contributed by atoms with Gasteiger partial charge in [0.15, 0.2) is 0 Å². The van der Waals surface area contributed by atoms with E-state index in [1.165, 1.54) is 18.2 Å². The molecule has 0 atom stereocenters. The van der Waals surface area contributed by atoms with Crippen LogP contribution in [0.15, 0.2) is 24.3 Å². The van der Waals surface area contributed by atoms with E-state index in [9.17, 15) is 10.1 Å². The predicted octanol–water partition coefficient (Wildman–Crippen LogP) is 2.01. The molecule has 0 saturated heterocycles. The summed E-state index contributed by atoms with van der Waals surface area (Å²) < 4.78 is 0. The zero-order valence-electron chi connectivity index (χ0n) is 8.04. The topological polar surface area (TPSA) is 95.6 Å². The van der Waals surface area contributed by atoms with E-state index in [0.29, 0.717) is 11.2 Å². The molecule has 0 radical (unpaired) electrons. The lowest BCUT2D eigenvalue weighted by molar-refractivity contribution is -0.384. The largest absolute Gasteiger partial charge is 0.277 e. The smallest absolute Gasteiger partial charge is 0.271 e. The van der Waals surface area contributed by atoms with Crippen molar-refractivity contribution in [1.29, 1.82) is 5.26 Å². The number of allylic oxidation sites excluding steroid dienone is 1. The molecule has 6 heteroatoms. The van der Waals surface area contributed by atoms with Gasteiger partial charge in [-0.25, -0.2) is 0 Å². The molecule has 0 spiro atoms. The molecule has 0 unspecified atom stereocenters. The van der Waals surface area contributed by atoms with E-state index in [1.807, 2.05) is 6.07 Å². The molecule has 0 bridgehead atoms. The highest BCUT2D eigenvalue weighted by molar-refractivity contribution is 5.88. The van der Waals surface area contributed by atoms with Crippen LogP contribution >= 0.6 is 0 Å². The fraction of sp³-hybridized carbons (Fsp3) is 0. The van der Waals surface area contributed by atoms with Gasteiger partial charge in [-0.1, -0.05) is 0 Å². The van der Waals surface area contributed by atoms with Crippen LogP contribution in [-0.2, 0) is 0 Å². The van der Waals surface area contributed by atoms with Crippen molar-refractivity contribution in [3.05, 3.63) is 40.1 Å². The Balaban J connectivity index is 2.55. The zero-order chi connectivity index (χ0) is 11.5. The van der Waals surface area contributed by atoms with Crippen LogP contribution in [0.5, 0.6) is 0 Å². The molecular formula is C10H6N4O2. The number of aromatic nitrogens is 2. The first-order valence-electron chi connectivity index (χ1n) is 4.41. The van der Waals surface area contributed by atoms with Crippen molar-refractivity contribution in [1.82, 2.24) is 10.2 Å². The molecule has 1 aromatic heterocycles. The van der Waals surface area contributed by atoms with Crippen molar-refractivity contribution in [2.75, 3.05) is 0 Å². The number of hydrogen-bond donors (Lipinski definition) is 1.